The number of morpholine rings is 1. The van der Waals surface area contributed by atoms with E-state index in [0.29, 0.717) is 32.0 Å². The predicted molar refractivity (Wildman–Crippen MR) is 115 cm³/mol. The first-order valence-electron chi connectivity index (χ1n) is 9.89. The van der Waals surface area contributed by atoms with Crippen LogP contribution in [-0.4, -0.2) is 53.6 Å². The Morgan fingerprint density at radius 2 is 1.68 bits per heavy atom. The van der Waals surface area contributed by atoms with Crippen LogP contribution in [-0.2, 0) is 24.3 Å². The van der Waals surface area contributed by atoms with Gasteiger partial charge in [0, 0.05) is 25.9 Å². The van der Waals surface area contributed by atoms with Crippen LogP contribution in [0.1, 0.15) is 12.8 Å². The normalized spacial score (nSPS) is 17.2. The van der Waals surface area contributed by atoms with Crippen molar-refractivity contribution in [2.24, 2.45) is 0 Å². The van der Waals surface area contributed by atoms with Crippen molar-refractivity contribution in [3.63, 3.8) is 0 Å². The maximum absolute atomic E-state index is 13.3. The summed E-state index contributed by atoms with van der Waals surface area (Å²) in [4.78, 5) is 27.1. The quantitative estimate of drug-likeness (QED) is 0.678. The molecule has 0 aliphatic carbocycles. The van der Waals surface area contributed by atoms with Gasteiger partial charge in [-0.3, -0.25) is 19.2 Å². The van der Waals surface area contributed by atoms with Gasteiger partial charge in [0.25, 0.3) is 10.0 Å². The highest BCUT2D eigenvalue weighted by atomic mass is 32.2. The Morgan fingerprint density at radius 3 is 2.35 bits per heavy atom. The fourth-order valence-electron chi connectivity index (χ4n) is 3.72. The second-order valence-electron chi connectivity index (χ2n) is 7.18. The van der Waals surface area contributed by atoms with Crippen LogP contribution in [0.2, 0.25) is 0 Å². The van der Waals surface area contributed by atoms with Gasteiger partial charge in [-0.05, 0) is 30.3 Å². The molecule has 0 aromatic heterocycles. The molecule has 0 atom stereocenters. The topological polar surface area (TPSA) is 105 Å². The highest BCUT2D eigenvalue weighted by Crippen LogP contribution is 2.34. The number of rotatable bonds is 6. The van der Waals surface area contributed by atoms with Crippen molar-refractivity contribution in [3.05, 3.63) is 42.5 Å². The van der Waals surface area contributed by atoms with Crippen LogP contribution in [0.5, 0.6) is 5.75 Å². The van der Waals surface area contributed by atoms with E-state index in [4.69, 9.17) is 9.47 Å². The van der Waals surface area contributed by atoms with Crippen molar-refractivity contribution in [1.29, 1.82) is 0 Å². The van der Waals surface area contributed by atoms with Crippen molar-refractivity contribution in [2.45, 2.75) is 17.7 Å². The molecule has 164 valence electrons. The SMILES string of the molecule is COc1ccc(N2C(=O)CCC2=O)cc1S(=O)(=O)Nc1ccccc1N1CCOCC1. The summed E-state index contributed by atoms with van der Waals surface area (Å²) in [6.07, 6.45) is 0.218. The van der Waals surface area contributed by atoms with Gasteiger partial charge in [0.1, 0.15) is 10.6 Å². The third-order valence-electron chi connectivity index (χ3n) is 5.25. The molecule has 31 heavy (non-hydrogen) atoms. The smallest absolute Gasteiger partial charge is 0.265 e. The van der Waals surface area contributed by atoms with E-state index < -0.39 is 10.0 Å². The van der Waals surface area contributed by atoms with Crippen LogP contribution in [0.15, 0.2) is 47.4 Å². The van der Waals surface area contributed by atoms with Gasteiger partial charge in [0.2, 0.25) is 11.8 Å². The Labute approximate surface area is 180 Å². The molecule has 0 radical (unpaired) electrons. The average molecular weight is 445 g/mol. The molecule has 2 aliphatic rings. The highest BCUT2D eigenvalue weighted by Gasteiger charge is 2.32. The summed E-state index contributed by atoms with van der Waals surface area (Å²) in [7, 11) is -2.72. The third kappa shape index (κ3) is 4.21. The number of methoxy groups -OCH3 is 1. The summed E-state index contributed by atoms with van der Waals surface area (Å²) in [5.74, 6) is -0.604. The molecule has 2 fully saturated rings. The van der Waals surface area contributed by atoms with Crippen molar-refractivity contribution in [2.75, 3.05) is 47.9 Å². The number of ether oxygens (including phenoxy) is 2. The van der Waals surface area contributed by atoms with E-state index in [1.807, 2.05) is 12.1 Å². The van der Waals surface area contributed by atoms with E-state index in [2.05, 4.69) is 9.62 Å². The number of para-hydroxylation sites is 2. The second kappa shape index (κ2) is 8.56. The number of hydrogen-bond donors (Lipinski definition) is 1. The zero-order valence-corrected chi connectivity index (χ0v) is 17.9. The molecule has 2 saturated heterocycles. The zero-order chi connectivity index (χ0) is 22.0. The summed E-state index contributed by atoms with van der Waals surface area (Å²) >= 11 is 0. The number of nitrogens with one attached hydrogen (secondary N) is 1. The summed E-state index contributed by atoms with van der Waals surface area (Å²) in [5, 5.41) is 0. The van der Waals surface area contributed by atoms with Gasteiger partial charge in [-0.15, -0.1) is 0 Å². The molecule has 4 rings (SSSR count). The lowest BCUT2D eigenvalue weighted by Gasteiger charge is -2.30. The standard InChI is InChI=1S/C21H23N3O6S/c1-29-18-7-6-15(24-20(25)8-9-21(24)26)14-19(18)31(27,28)22-16-4-2-3-5-17(16)23-10-12-30-13-11-23/h2-7,14,22H,8-13H2,1H3. The lowest BCUT2D eigenvalue weighted by molar-refractivity contribution is -0.121. The van der Waals surface area contributed by atoms with Crippen molar-refractivity contribution < 1.29 is 27.5 Å². The van der Waals surface area contributed by atoms with Crippen LogP contribution in [0.4, 0.5) is 17.1 Å². The van der Waals surface area contributed by atoms with Crippen molar-refractivity contribution in [1.82, 2.24) is 0 Å². The van der Waals surface area contributed by atoms with Crippen LogP contribution >= 0.6 is 0 Å². The molecular weight excluding hydrogens is 422 g/mol. The first-order valence-corrected chi connectivity index (χ1v) is 11.4. The second-order valence-corrected chi connectivity index (χ2v) is 8.83. The molecule has 2 heterocycles. The number of hydrogen-bond acceptors (Lipinski definition) is 7. The Kier molecular flexibility index (Phi) is 5.84. The summed E-state index contributed by atoms with van der Waals surface area (Å²) in [6, 6.07) is 11.4. The Balaban J connectivity index is 1.70. The van der Waals surface area contributed by atoms with Crippen LogP contribution < -0.4 is 19.3 Å². The fourth-order valence-corrected chi connectivity index (χ4v) is 4.98. The number of benzene rings is 2. The van der Waals surface area contributed by atoms with Gasteiger partial charge < -0.3 is 14.4 Å². The minimum atomic E-state index is -4.09. The van der Waals surface area contributed by atoms with Gasteiger partial charge in [-0.25, -0.2) is 8.42 Å². The van der Waals surface area contributed by atoms with Gasteiger partial charge in [0.05, 0.1) is 37.4 Å². The molecule has 0 unspecified atom stereocenters. The third-order valence-corrected chi connectivity index (χ3v) is 6.63. The van der Waals surface area contributed by atoms with Crippen LogP contribution in [0.3, 0.4) is 0 Å². The van der Waals surface area contributed by atoms with E-state index in [0.717, 1.165) is 10.6 Å². The van der Waals surface area contributed by atoms with Crippen LogP contribution in [0, 0.1) is 0 Å². The maximum atomic E-state index is 13.3. The summed E-state index contributed by atoms with van der Waals surface area (Å²) in [5.41, 5.74) is 1.37. The molecule has 0 bridgehead atoms. The number of imide groups is 1. The monoisotopic (exact) mass is 445 g/mol. The van der Waals surface area contributed by atoms with E-state index in [-0.39, 0.29) is 41.0 Å². The Morgan fingerprint density at radius 1 is 1.00 bits per heavy atom. The minimum Gasteiger partial charge on any atom is -0.495 e. The molecule has 2 amide bonds. The lowest BCUT2D eigenvalue weighted by Crippen LogP contribution is -2.36. The Bertz CT molecular complexity index is 1100. The number of nitrogens with zero attached hydrogens (tertiary/aromatic N) is 2. The van der Waals surface area contributed by atoms with Crippen molar-refractivity contribution >= 4 is 38.9 Å². The molecule has 10 heteroatoms. The number of carbonyl (C=O) groups is 2. The first-order chi connectivity index (χ1) is 14.9. The Hall–Kier alpha value is -3.11. The molecule has 0 saturated carbocycles. The molecule has 1 N–H and O–H groups in total. The fraction of sp³-hybridized carbons (Fsp3) is 0.333. The predicted octanol–water partition coefficient (Wildman–Crippen LogP) is 1.99. The average Bonchev–Trinajstić information content (AvgIpc) is 3.12. The summed E-state index contributed by atoms with van der Waals surface area (Å²) < 4.78 is 39.9. The lowest BCUT2D eigenvalue weighted by atomic mass is 10.2. The molecule has 2 aromatic rings. The number of carbonyl (C=O) groups excluding carboxylic acids is 2. The van der Waals surface area contributed by atoms with E-state index in [9.17, 15) is 18.0 Å². The zero-order valence-electron chi connectivity index (χ0n) is 17.0. The van der Waals surface area contributed by atoms with Gasteiger partial charge in [-0.2, -0.15) is 0 Å². The molecule has 2 aromatic carbocycles. The molecule has 9 nitrogen and oxygen atoms in total. The van der Waals surface area contributed by atoms with Crippen molar-refractivity contribution in [3.8, 4) is 5.75 Å². The molecule has 2 aliphatic heterocycles. The van der Waals surface area contributed by atoms with E-state index in [1.54, 1.807) is 12.1 Å². The number of sulfonamides is 1. The van der Waals surface area contributed by atoms with Crippen LogP contribution in [0.25, 0.3) is 0 Å². The molecular formula is C21H23N3O6S. The maximum Gasteiger partial charge on any atom is 0.265 e. The van der Waals surface area contributed by atoms with Gasteiger partial charge >= 0.3 is 0 Å². The number of anilines is 3. The van der Waals surface area contributed by atoms with E-state index >= 15 is 0 Å². The highest BCUT2D eigenvalue weighted by molar-refractivity contribution is 7.92. The first kappa shape index (κ1) is 21.1. The minimum absolute atomic E-state index is 0.109. The summed E-state index contributed by atoms with van der Waals surface area (Å²) in [6.45, 7) is 2.43. The van der Waals surface area contributed by atoms with Gasteiger partial charge in [0.15, 0.2) is 0 Å². The molecule has 0 spiro atoms. The van der Waals surface area contributed by atoms with Gasteiger partial charge in [-0.1, -0.05) is 12.1 Å². The largest absolute Gasteiger partial charge is 0.495 e. The number of amides is 2. The van der Waals surface area contributed by atoms with E-state index in [1.165, 1.54) is 25.3 Å².